The van der Waals surface area contributed by atoms with Crippen LogP contribution in [0.25, 0.3) is 11.0 Å². The second-order valence-corrected chi connectivity index (χ2v) is 5.82. The van der Waals surface area contributed by atoms with Gasteiger partial charge in [0, 0.05) is 18.5 Å². The number of methoxy groups -OCH3 is 1. The Morgan fingerprint density at radius 3 is 2.57 bits per heavy atom. The first-order valence-electron chi connectivity index (χ1n) is 7.54. The van der Waals surface area contributed by atoms with E-state index in [4.69, 9.17) is 13.9 Å². The fourth-order valence-corrected chi connectivity index (χ4v) is 2.89. The summed E-state index contributed by atoms with van der Waals surface area (Å²) in [6.07, 6.45) is -0.120. The summed E-state index contributed by atoms with van der Waals surface area (Å²) in [5.74, 6) is 0.309. The van der Waals surface area contributed by atoms with E-state index in [1.54, 1.807) is 36.3 Å². The van der Waals surface area contributed by atoms with Crippen molar-refractivity contribution in [1.29, 1.82) is 0 Å². The number of carbonyl (C=O) groups excluding carboxylic acids is 1. The molecular formula is C17H19NO5. The number of rotatable bonds is 2. The van der Waals surface area contributed by atoms with Crippen LogP contribution in [-0.4, -0.2) is 43.2 Å². The van der Waals surface area contributed by atoms with E-state index in [-0.39, 0.29) is 23.7 Å². The number of fused-ring (bicyclic) bond motifs is 1. The van der Waals surface area contributed by atoms with Crippen LogP contribution in [0.4, 0.5) is 0 Å². The number of amides is 1. The quantitative estimate of drug-likeness (QED) is 0.793. The number of nitrogens with zero attached hydrogens (tertiary/aromatic N) is 1. The summed E-state index contributed by atoms with van der Waals surface area (Å²) >= 11 is 0. The minimum atomic E-state index is -0.625. The van der Waals surface area contributed by atoms with E-state index in [0.29, 0.717) is 29.8 Å². The van der Waals surface area contributed by atoms with Crippen LogP contribution < -0.4 is 10.4 Å². The molecule has 0 unspecified atom stereocenters. The first-order valence-corrected chi connectivity index (χ1v) is 7.54. The number of carbonyl (C=O) groups is 1. The predicted molar refractivity (Wildman–Crippen MR) is 84.9 cm³/mol. The first-order chi connectivity index (χ1) is 11.0. The lowest BCUT2D eigenvalue weighted by Crippen LogP contribution is -2.49. The van der Waals surface area contributed by atoms with E-state index in [1.165, 1.54) is 0 Å². The van der Waals surface area contributed by atoms with Gasteiger partial charge in [0.25, 0.3) is 5.91 Å². The van der Waals surface area contributed by atoms with Crippen LogP contribution in [0.2, 0.25) is 0 Å². The second kappa shape index (κ2) is 6.04. The zero-order chi connectivity index (χ0) is 16.6. The van der Waals surface area contributed by atoms with Crippen molar-refractivity contribution in [3.05, 3.63) is 40.2 Å². The molecule has 0 aliphatic carbocycles. The minimum Gasteiger partial charge on any atom is -0.497 e. The monoisotopic (exact) mass is 317 g/mol. The van der Waals surface area contributed by atoms with Gasteiger partial charge < -0.3 is 18.8 Å². The molecule has 1 fully saturated rings. The highest BCUT2D eigenvalue weighted by Gasteiger charge is 2.28. The van der Waals surface area contributed by atoms with Crippen molar-refractivity contribution in [1.82, 2.24) is 4.90 Å². The largest absolute Gasteiger partial charge is 0.497 e. The van der Waals surface area contributed by atoms with Gasteiger partial charge in [0.05, 0.1) is 19.3 Å². The lowest BCUT2D eigenvalue weighted by atomic mass is 10.1. The van der Waals surface area contributed by atoms with Crippen LogP contribution in [0, 0.1) is 0 Å². The SMILES string of the molecule is COc1ccc2oc(=O)c(C(=O)N3C[C@H](C)O[C@@H](C)C3)cc2c1. The molecular weight excluding hydrogens is 298 g/mol. The lowest BCUT2D eigenvalue weighted by molar-refractivity contribution is -0.0587. The van der Waals surface area contributed by atoms with Gasteiger partial charge in [-0.2, -0.15) is 0 Å². The molecule has 2 aromatic rings. The maximum absolute atomic E-state index is 12.7. The number of hydrogen-bond donors (Lipinski definition) is 0. The fraction of sp³-hybridized carbons (Fsp3) is 0.412. The van der Waals surface area contributed by atoms with Gasteiger partial charge in [-0.1, -0.05) is 0 Å². The smallest absolute Gasteiger partial charge is 0.349 e. The summed E-state index contributed by atoms with van der Waals surface area (Å²) in [5.41, 5.74) is -0.164. The topological polar surface area (TPSA) is 69.0 Å². The summed E-state index contributed by atoms with van der Waals surface area (Å²) in [6.45, 7) is 4.73. The average molecular weight is 317 g/mol. The second-order valence-electron chi connectivity index (χ2n) is 5.82. The van der Waals surface area contributed by atoms with E-state index < -0.39 is 5.63 Å². The van der Waals surface area contributed by atoms with Crippen molar-refractivity contribution in [3.63, 3.8) is 0 Å². The molecule has 1 amide bonds. The Bertz CT molecular complexity index is 787. The lowest BCUT2D eigenvalue weighted by Gasteiger charge is -2.35. The van der Waals surface area contributed by atoms with Crippen LogP contribution in [-0.2, 0) is 4.74 Å². The Hall–Kier alpha value is -2.34. The van der Waals surface area contributed by atoms with Gasteiger partial charge in [0.15, 0.2) is 0 Å². The van der Waals surface area contributed by atoms with E-state index >= 15 is 0 Å². The third kappa shape index (κ3) is 3.07. The third-order valence-corrected chi connectivity index (χ3v) is 3.88. The van der Waals surface area contributed by atoms with Gasteiger partial charge in [-0.15, -0.1) is 0 Å². The van der Waals surface area contributed by atoms with Gasteiger partial charge in [-0.05, 0) is 38.1 Å². The Morgan fingerprint density at radius 1 is 1.22 bits per heavy atom. The van der Waals surface area contributed by atoms with Crippen LogP contribution in [0.5, 0.6) is 5.75 Å². The van der Waals surface area contributed by atoms with Crippen LogP contribution in [0.3, 0.4) is 0 Å². The van der Waals surface area contributed by atoms with Crippen LogP contribution in [0.15, 0.2) is 33.5 Å². The molecule has 0 radical (unpaired) electrons. The average Bonchev–Trinajstić information content (AvgIpc) is 2.52. The van der Waals surface area contributed by atoms with Crippen molar-refractivity contribution in [2.45, 2.75) is 26.1 Å². The first kappa shape index (κ1) is 15.6. The Morgan fingerprint density at radius 2 is 1.91 bits per heavy atom. The number of hydrogen-bond acceptors (Lipinski definition) is 5. The summed E-state index contributed by atoms with van der Waals surface area (Å²) in [5, 5.41) is 0.654. The molecule has 6 heteroatoms. The van der Waals surface area contributed by atoms with Gasteiger partial charge in [-0.25, -0.2) is 4.79 Å². The fourth-order valence-electron chi connectivity index (χ4n) is 2.89. The highest BCUT2D eigenvalue weighted by Crippen LogP contribution is 2.21. The molecule has 1 aliphatic heterocycles. The molecule has 0 bridgehead atoms. The van der Waals surface area contributed by atoms with Crippen LogP contribution >= 0.6 is 0 Å². The molecule has 2 heterocycles. The molecule has 2 atom stereocenters. The maximum atomic E-state index is 12.7. The predicted octanol–water partition coefficient (Wildman–Crippen LogP) is 2.05. The van der Waals surface area contributed by atoms with E-state index in [0.717, 1.165) is 0 Å². The Labute approximate surface area is 133 Å². The van der Waals surface area contributed by atoms with Gasteiger partial charge in [-0.3, -0.25) is 4.79 Å². The standard InChI is InChI=1S/C17H19NO5/c1-10-8-18(9-11(2)22-10)16(19)14-7-12-6-13(21-3)4-5-15(12)23-17(14)20/h4-7,10-11H,8-9H2,1-3H3/t10-,11-/m0/s1. The van der Waals surface area contributed by atoms with Crippen molar-refractivity contribution >= 4 is 16.9 Å². The summed E-state index contributed by atoms with van der Waals surface area (Å²) in [7, 11) is 1.56. The highest BCUT2D eigenvalue weighted by molar-refractivity contribution is 5.96. The van der Waals surface area contributed by atoms with Crippen molar-refractivity contribution < 1.29 is 18.7 Å². The highest BCUT2D eigenvalue weighted by atomic mass is 16.5. The maximum Gasteiger partial charge on any atom is 0.349 e. The summed E-state index contributed by atoms with van der Waals surface area (Å²) in [4.78, 5) is 26.5. The Kier molecular flexibility index (Phi) is 4.09. The number of benzene rings is 1. The zero-order valence-electron chi connectivity index (χ0n) is 13.4. The minimum absolute atomic E-state index is 0.0343. The van der Waals surface area contributed by atoms with E-state index in [1.807, 2.05) is 13.8 Å². The molecule has 23 heavy (non-hydrogen) atoms. The van der Waals surface area contributed by atoms with Crippen molar-refractivity contribution in [2.75, 3.05) is 20.2 Å². The molecule has 6 nitrogen and oxygen atoms in total. The molecule has 1 aromatic heterocycles. The Balaban J connectivity index is 1.99. The summed E-state index contributed by atoms with van der Waals surface area (Å²) in [6, 6.07) is 6.66. The molecule has 1 aliphatic rings. The molecule has 0 spiro atoms. The molecule has 0 saturated carbocycles. The normalized spacial score (nSPS) is 21.4. The van der Waals surface area contributed by atoms with Gasteiger partial charge >= 0.3 is 5.63 Å². The van der Waals surface area contributed by atoms with Crippen LogP contribution in [0.1, 0.15) is 24.2 Å². The number of ether oxygens (including phenoxy) is 2. The third-order valence-electron chi connectivity index (χ3n) is 3.88. The van der Waals surface area contributed by atoms with E-state index in [2.05, 4.69) is 0 Å². The van der Waals surface area contributed by atoms with E-state index in [9.17, 15) is 9.59 Å². The summed E-state index contributed by atoms with van der Waals surface area (Å²) < 4.78 is 16.1. The zero-order valence-corrected chi connectivity index (χ0v) is 13.4. The van der Waals surface area contributed by atoms with Crippen molar-refractivity contribution in [2.24, 2.45) is 0 Å². The molecule has 1 saturated heterocycles. The van der Waals surface area contributed by atoms with Crippen molar-refractivity contribution in [3.8, 4) is 5.75 Å². The molecule has 0 N–H and O–H groups in total. The molecule has 1 aromatic carbocycles. The van der Waals surface area contributed by atoms with Gasteiger partial charge in [0.1, 0.15) is 16.9 Å². The molecule has 3 rings (SSSR count). The van der Waals surface area contributed by atoms with Gasteiger partial charge in [0.2, 0.25) is 0 Å². The number of morpholine rings is 1. The molecule has 122 valence electrons.